The Labute approximate surface area is 138 Å². The normalized spacial score (nSPS) is 11.0. The molecule has 1 amide bonds. The Balaban J connectivity index is 1.98. The first-order valence-corrected chi connectivity index (χ1v) is 8.19. The minimum absolute atomic E-state index is 0.0834. The van der Waals surface area contributed by atoms with Gasteiger partial charge in [-0.25, -0.2) is 4.39 Å². The second-order valence-electron chi connectivity index (χ2n) is 5.66. The summed E-state index contributed by atoms with van der Waals surface area (Å²) in [4.78, 5) is 20.0. The second-order valence-corrected chi connectivity index (χ2v) is 6.66. The molecule has 5 heteroatoms. The fourth-order valence-corrected chi connectivity index (χ4v) is 3.53. The van der Waals surface area contributed by atoms with Crippen molar-refractivity contribution in [2.45, 2.75) is 20.4 Å². The van der Waals surface area contributed by atoms with Crippen LogP contribution in [0.2, 0.25) is 0 Å². The number of hydrogen-bond acceptors (Lipinski definition) is 3. The van der Waals surface area contributed by atoms with Crippen LogP contribution in [0.4, 0.5) is 4.39 Å². The van der Waals surface area contributed by atoms with E-state index in [-0.39, 0.29) is 11.7 Å². The van der Waals surface area contributed by atoms with Gasteiger partial charge < -0.3 is 4.90 Å². The van der Waals surface area contributed by atoms with Crippen LogP contribution in [0.3, 0.4) is 0 Å². The van der Waals surface area contributed by atoms with Gasteiger partial charge in [0.15, 0.2) is 0 Å². The molecule has 0 saturated heterocycles. The van der Waals surface area contributed by atoms with Gasteiger partial charge in [0, 0.05) is 29.1 Å². The van der Waals surface area contributed by atoms with E-state index in [0.717, 1.165) is 0 Å². The van der Waals surface area contributed by atoms with E-state index >= 15 is 0 Å². The summed E-state index contributed by atoms with van der Waals surface area (Å²) in [5.41, 5.74) is 2.96. The van der Waals surface area contributed by atoms with Crippen LogP contribution >= 0.6 is 11.3 Å². The number of hydrogen-bond donors (Lipinski definition) is 0. The minimum atomic E-state index is -0.350. The molecular formula is C18H17FN2OS. The summed E-state index contributed by atoms with van der Waals surface area (Å²) in [5.74, 6) is -0.434. The largest absolute Gasteiger partial charge is 0.337 e. The van der Waals surface area contributed by atoms with Crippen molar-refractivity contribution in [3.63, 3.8) is 0 Å². The van der Waals surface area contributed by atoms with Crippen LogP contribution < -0.4 is 0 Å². The number of nitrogens with zero attached hydrogens (tertiary/aromatic N) is 2. The van der Waals surface area contributed by atoms with E-state index < -0.39 is 0 Å². The van der Waals surface area contributed by atoms with Crippen LogP contribution in [0.5, 0.6) is 0 Å². The first-order chi connectivity index (χ1) is 11.0. The Morgan fingerprint density at radius 3 is 2.74 bits per heavy atom. The van der Waals surface area contributed by atoms with Gasteiger partial charge in [0.05, 0.1) is 17.6 Å². The molecule has 0 unspecified atom stereocenters. The SMILES string of the molecule is Cc1cc(C(=O)N(C)Cc2sccc2C)c2ccc(F)cc2n1. The summed E-state index contributed by atoms with van der Waals surface area (Å²) in [5, 5.41) is 2.70. The molecule has 0 bridgehead atoms. The first-order valence-electron chi connectivity index (χ1n) is 7.31. The Bertz CT molecular complexity index is 883. The van der Waals surface area contributed by atoms with Crippen molar-refractivity contribution < 1.29 is 9.18 Å². The van der Waals surface area contributed by atoms with Gasteiger partial charge in [-0.1, -0.05) is 0 Å². The lowest BCUT2D eigenvalue weighted by molar-refractivity contribution is 0.0788. The number of aryl methyl sites for hydroxylation is 2. The topological polar surface area (TPSA) is 33.2 Å². The second kappa shape index (κ2) is 6.08. The Kier molecular flexibility index (Phi) is 4.13. The average Bonchev–Trinajstić information content (AvgIpc) is 2.90. The van der Waals surface area contributed by atoms with Gasteiger partial charge >= 0.3 is 0 Å². The fourth-order valence-electron chi connectivity index (χ4n) is 2.57. The molecule has 2 heterocycles. The number of fused-ring (bicyclic) bond motifs is 1. The van der Waals surface area contributed by atoms with Gasteiger partial charge in [0.1, 0.15) is 5.82 Å². The lowest BCUT2D eigenvalue weighted by atomic mass is 10.1. The number of amides is 1. The van der Waals surface area contributed by atoms with E-state index in [0.29, 0.717) is 28.7 Å². The molecule has 0 saturated carbocycles. The molecule has 0 aliphatic heterocycles. The quantitative estimate of drug-likeness (QED) is 0.717. The molecule has 118 valence electrons. The molecule has 0 fully saturated rings. The minimum Gasteiger partial charge on any atom is -0.337 e. The number of benzene rings is 1. The highest BCUT2D eigenvalue weighted by molar-refractivity contribution is 7.10. The number of halogens is 1. The molecule has 1 aromatic carbocycles. The zero-order chi connectivity index (χ0) is 16.6. The lowest BCUT2D eigenvalue weighted by Crippen LogP contribution is -2.26. The molecule has 0 N–H and O–H groups in total. The highest BCUT2D eigenvalue weighted by Crippen LogP contribution is 2.23. The third kappa shape index (κ3) is 3.10. The Hall–Kier alpha value is -2.27. The molecule has 23 heavy (non-hydrogen) atoms. The number of rotatable bonds is 3. The number of aromatic nitrogens is 1. The number of pyridine rings is 1. The molecule has 2 aromatic heterocycles. The van der Waals surface area contributed by atoms with Gasteiger partial charge in [-0.05, 0) is 49.1 Å². The van der Waals surface area contributed by atoms with Crippen molar-refractivity contribution in [3.05, 3.63) is 63.2 Å². The Morgan fingerprint density at radius 2 is 2.04 bits per heavy atom. The van der Waals surface area contributed by atoms with Crippen molar-refractivity contribution >= 4 is 28.1 Å². The summed E-state index contributed by atoms with van der Waals surface area (Å²) < 4.78 is 13.4. The van der Waals surface area contributed by atoms with Gasteiger partial charge in [-0.15, -0.1) is 11.3 Å². The van der Waals surface area contributed by atoms with Crippen LogP contribution in [0.1, 0.15) is 26.5 Å². The summed E-state index contributed by atoms with van der Waals surface area (Å²) in [6, 6.07) is 8.16. The highest BCUT2D eigenvalue weighted by Gasteiger charge is 2.17. The molecule has 0 aliphatic rings. The predicted molar refractivity (Wildman–Crippen MR) is 91.3 cm³/mol. The van der Waals surface area contributed by atoms with Crippen molar-refractivity contribution in [1.82, 2.24) is 9.88 Å². The maximum Gasteiger partial charge on any atom is 0.254 e. The van der Waals surface area contributed by atoms with Crippen molar-refractivity contribution in [2.75, 3.05) is 7.05 Å². The third-order valence-corrected chi connectivity index (χ3v) is 4.83. The van der Waals surface area contributed by atoms with Crippen molar-refractivity contribution in [3.8, 4) is 0 Å². The highest BCUT2D eigenvalue weighted by atomic mass is 32.1. The van der Waals surface area contributed by atoms with Crippen LogP contribution in [-0.4, -0.2) is 22.8 Å². The monoisotopic (exact) mass is 328 g/mol. The van der Waals surface area contributed by atoms with E-state index in [1.165, 1.54) is 22.6 Å². The van der Waals surface area contributed by atoms with Crippen LogP contribution in [0, 0.1) is 19.7 Å². The van der Waals surface area contributed by atoms with Gasteiger partial charge in [-0.2, -0.15) is 0 Å². The smallest absolute Gasteiger partial charge is 0.254 e. The average molecular weight is 328 g/mol. The van der Waals surface area contributed by atoms with Crippen LogP contribution in [-0.2, 0) is 6.54 Å². The van der Waals surface area contributed by atoms with E-state index in [1.54, 1.807) is 35.4 Å². The zero-order valence-corrected chi connectivity index (χ0v) is 14.1. The number of thiophene rings is 1. The zero-order valence-electron chi connectivity index (χ0n) is 13.3. The van der Waals surface area contributed by atoms with Crippen molar-refractivity contribution in [2.24, 2.45) is 0 Å². The van der Waals surface area contributed by atoms with E-state index in [9.17, 15) is 9.18 Å². The molecule has 0 aliphatic carbocycles. The summed E-state index contributed by atoms with van der Waals surface area (Å²) in [6.45, 7) is 4.41. The van der Waals surface area contributed by atoms with Gasteiger partial charge in [-0.3, -0.25) is 9.78 Å². The van der Waals surface area contributed by atoms with Gasteiger partial charge in [0.2, 0.25) is 0 Å². The summed E-state index contributed by atoms with van der Waals surface area (Å²) in [6.07, 6.45) is 0. The standard InChI is InChI=1S/C18H17FN2OS/c1-11-6-7-23-17(11)10-21(3)18(22)15-8-12(2)20-16-9-13(19)4-5-14(15)16/h4-9H,10H2,1-3H3. The summed E-state index contributed by atoms with van der Waals surface area (Å²) >= 11 is 1.64. The number of carbonyl (C=O) groups excluding carboxylic acids is 1. The maximum atomic E-state index is 13.4. The third-order valence-electron chi connectivity index (χ3n) is 3.83. The molecule has 3 nitrogen and oxygen atoms in total. The predicted octanol–water partition coefficient (Wildman–Crippen LogP) is 4.32. The molecule has 0 spiro atoms. The first kappa shape index (κ1) is 15.6. The van der Waals surface area contributed by atoms with E-state index in [1.807, 2.05) is 25.3 Å². The fraction of sp³-hybridized carbons (Fsp3) is 0.222. The van der Waals surface area contributed by atoms with Crippen LogP contribution in [0.15, 0.2) is 35.7 Å². The van der Waals surface area contributed by atoms with Crippen LogP contribution in [0.25, 0.3) is 10.9 Å². The van der Waals surface area contributed by atoms with E-state index in [2.05, 4.69) is 4.98 Å². The molecule has 0 radical (unpaired) electrons. The maximum absolute atomic E-state index is 13.4. The molecule has 3 aromatic rings. The van der Waals surface area contributed by atoms with E-state index in [4.69, 9.17) is 0 Å². The van der Waals surface area contributed by atoms with Gasteiger partial charge in [0.25, 0.3) is 5.91 Å². The molecular weight excluding hydrogens is 311 g/mol. The molecule has 0 atom stereocenters. The Morgan fingerprint density at radius 1 is 1.26 bits per heavy atom. The van der Waals surface area contributed by atoms with Crippen molar-refractivity contribution in [1.29, 1.82) is 0 Å². The molecule has 3 rings (SSSR count). The lowest BCUT2D eigenvalue weighted by Gasteiger charge is -2.18. The number of carbonyl (C=O) groups is 1. The summed E-state index contributed by atoms with van der Waals surface area (Å²) in [7, 11) is 1.78.